The lowest BCUT2D eigenvalue weighted by Crippen LogP contribution is -2.23. The van der Waals surface area contributed by atoms with Gasteiger partial charge in [0.05, 0.1) is 20.5 Å². The van der Waals surface area contributed by atoms with Gasteiger partial charge in [0.1, 0.15) is 12.4 Å². The molecule has 1 heterocycles. The molecule has 0 aliphatic rings. The maximum Gasteiger partial charge on any atom is 0.332 e. The molecular weight excluding hydrogens is 568 g/mol. The number of hydrogen-bond donors (Lipinski definition) is 3. The van der Waals surface area contributed by atoms with E-state index >= 15 is 0 Å². The Balaban J connectivity index is 1.47. The zero-order valence-corrected chi connectivity index (χ0v) is 22.7. The maximum absolute atomic E-state index is 13.3. The molecule has 0 atom stereocenters. The lowest BCUT2D eigenvalue weighted by atomic mass is 10.0. The first-order valence-corrected chi connectivity index (χ1v) is 13.5. The summed E-state index contributed by atoms with van der Waals surface area (Å²) in [6.45, 7) is 2.16. The zero-order valence-electron chi connectivity index (χ0n) is 20.4. The van der Waals surface area contributed by atoms with Crippen LogP contribution in [-0.4, -0.2) is 24.3 Å². The Morgan fingerprint density at radius 1 is 1.03 bits per heavy atom. The van der Waals surface area contributed by atoms with Crippen LogP contribution in [0.5, 0.6) is 5.88 Å². The number of nitrogens with zero attached hydrogens (tertiary/aromatic N) is 2. The predicted molar refractivity (Wildman–Crippen MR) is 148 cm³/mol. The van der Waals surface area contributed by atoms with Crippen molar-refractivity contribution in [3.05, 3.63) is 93.0 Å². The number of ether oxygens (including phenoxy) is 1. The fraction of sp³-hybridized carbons (Fsp3) is 0.115. The van der Waals surface area contributed by atoms with E-state index < -0.39 is 21.0 Å². The summed E-state index contributed by atoms with van der Waals surface area (Å²) < 4.78 is 41.5. The van der Waals surface area contributed by atoms with Gasteiger partial charge in [-0.2, -0.15) is 18.4 Å². The van der Waals surface area contributed by atoms with Gasteiger partial charge in [0.15, 0.2) is 0 Å². The van der Waals surface area contributed by atoms with E-state index in [1.54, 1.807) is 18.2 Å². The van der Waals surface area contributed by atoms with Gasteiger partial charge in [0.2, 0.25) is 11.8 Å². The van der Waals surface area contributed by atoms with E-state index in [0.29, 0.717) is 21.2 Å². The van der Waals surface area contributed by atoms with Crippen molar-refractivity contribution in [1.29, 1.82) is 0 Å². The average Bonchev–Trinajstić information content (AvgIpc) is 2.88. The summed E-state index contributed by atoms with van der Waals surface area (Å²) in [4.78, 5) is 20.1. The van der Waals surface area contributed by atoms with Gasteiger partial charge in [-0.05, 0) is 59.5 Å². The van der Waals surface area contributed by atoms with Crippen molar-refractivity contribution >= 4 is 51.1 Å². The van der Waals surface area contributed by atoms with Crippen LogP contribution < -0.4 is 21.5 Å². The van der Waals surface area contributed by atoms with Crippen molar-refractivity contribution in [3.8, 4) is 17.0 Å². The Labute approximate surface area is 234 Å². The molecule has 3 aromatic carbocycles. The third kappa shape index (κ3) is 6.75. The molecule has 0 aliphatic heterocycles. The first-order chi connectivity index (χ1) is 18.4. The molecule has 39 heavy (non-hydrogen) atoms. The number of nitrogens with one attached hydrogen (secondary N) is 1. The van der Waals surface area contributed by atoms with Crippen molar-refractivity contribution in [3.63, 3.8) is 0 Å². The second-order valence-corrected chi connectivity index (χ2v) is 10.6. The number of aryl methyl sites for hydroxylation is 1. The molecule has 4 rings (SSSR count). The lowest BCUT2D eigenvalue weighted by Gasteiger charge is -2.15. The average molecular weight is 590 g/mol. The molecular formula is C26H22Cl2FN5O4S. The fourth-order valence-electron chi connectivity index (χ4n) is 3.77. The van der Waals surface area contributed by atoms with Gasteiger partial charge in [-0.3, -0.25) is 4.79 Å². The molecule has 1 amide bonds. The molecule has 13 heteroatoms. The highest BCUT2D eigenvalue weighted by Crippen LogP contribution is 2.37. The van der Waals surface area contributed by atoms with Crippen LogP contribution in [0.2, 0.25) is 10.0 Å². The van der Waals surface area contributed by atoms with Gasteiger partial charge in [-0.25, -0.2) is 0 Å². The van der Waals surface area contributed by atoms with Crippen molar-refractivity contribution in [2.45, 2.75) is 25.0 Å². The van der Waals surface area contributed by atoms with E-state index in [0.717, 1.165) is 28.8 Å². The minimum Gasteiger partial charge on any atom is -0.472 e. The van der Waals surface area contributed by atoms with Gasteiger partial charge in [0, 0.05) is 12.1 Å². The van der Waals surface area contributed by atoms with E-state index in [9.17, 15) is 17.1 Å². The number of anilines is 2. The summed E-state index contributed by atoms with van der Waals surface area (Å²) in [5.41, 5.74) is 15.4. The molecule has 0 bridgehead atoms. The number of halogens is 3. The van der Waals surface area contributed by atoms with Crippen LogP contribution in [-0.2, 0) is 23.4 Å². The lowest BCUT2D eigenvalue weighted by molar-refractivity contribution is 0.0950. The van der Waals surface area contributed by atoms with Crippen LogP contribution in [0.4, 0.5) is 15.7 Å². The van der Waals surface area contributed by atoms with Gasteiger partial charge >= 0.3 is 10.2 Å². The summed E-state index contributed by atoms with van der Waals surface area (Å²) >= 11 is 12.2. The molecule has 0 radical (unpaired) electrons. The van der Waals surface area contributed by atoms with Gasteiger partial charge in [-0.15, -0.1) is 3.89 Å². The molecule has 0 unspecified atom stereocenters. The number of hydrogen-bond acceptors (Lipinski definition) is 8. The molecule has 0 aliphatic carbocycles. The van der Waals surface area contributed by atoms with Crippen LogP contribution in [0.3, 0.4) is 0 Å². The van der Waals surface area contributed by atoms with Crippen LogP contribution in [0.25, 0.3) is 11.1 Å². The summed E-state index contributed by atoms with van der Waals surface area (Å²) in [5.74, 6) is -0.304. The van der Waals surface area contributed by atoms with Crippen LogP contribution in [0.1, 0.15) is 27.0 Å². The van der Waals surface area contributed by atoms with Crippen molar-refractivity contribution in [1.82, 2.24) is 15.3 Å². The first kappa shape index (κ1) is 28.1. The fourth-order valence-corrected chi connectivity index (χ4v) is 4.57. The number of aromatic nitrogens is 2. The van der Waals surface area contributed by atoms with E-state index in [1.165, 1.54) is 12.1 Å². The molecule has 0 saturated heterocycles. The molecule has 1 aromatic heterocycles. The number of benzene rings is 3. The first-order valence-electron chi connectivity index (χ1n) is 11.3. The third-order valence-corrected chi connectivity index (χ3v) is 7.29. The van der Waals surface area contributed by atoms with Crippen molar-refractivity contribution in [2.24, 2.45) is 0 Å². The maximum atomic E-state index is 13.3. The second kappa shape index (κ2) is 11.4. The molecule has 5 N–H and O–H groups in total. The summed E-state index contributed by atoms with van der Waals surface area (Å²) in [6, 6.07) is 15.2. The van der Waals surface area contributed by atoms with Gasteiger partial charge < -0.3 is 21.5 Å². The number of carbonyl (C=O) groups is 1. The predicted octanol–water partition coefficient (Wildman–Crippen LogP) is 5.09. The van der Waals surface area contributed by atoms with E-state index in [1.807, 2.05) is 25.1 Å². The Kier molecular flexibility index (Phi) is 8.24. The number of nitrogen functional groups attached to an aromatic ring is 2. The van der Waals surface area contributed by atoms with E-state index in [4.69, 9.17) is 39.4 Å². The standard InChI is InChI=1S/C26H22Cl2FN5O4S/c1-14-9-15(5-6-18(14)12-32-24(35)17-3-2-4-19(10-17)39(29,36)37)13-38-25-22(23(30)33-26(31)34-25)16-7-8-20(27)21(28)11-16/h2-11H,12-13H2,1H3,(H,32,35)(H4,30,31,33,34). The Morgan fingerprint density at radius 2 is 1.79 bits per heavy atom. The number of carbonyl (C=O) groups excluding carboxylic acids is 1. The van der Waals surface area contributed by atoms with Crippen LogP contribution in [0, 0.1) is 6.92 Å². The third-order valence-electron chi connectivity index (χ3n) is 5.73. The molecule has 9 nitrogen and oxygen atoms in total. The molecule has 202 valence electrons. The molecule has 0 fully saturated rings. The van der Waals surface area contributed by atoms with Gasteiger partial charge in [0.25, 0.3) is 5.91 Å². The van der Waals surface area contributed by atoms with Crippen LogP contribution in [0.15, 0.2) is 65.6 Å². The summed E-state index contributed by atoms with van der Waals surface area (Å²) in [7, 11) is -4.92. The second-order valence-electron chi connectivity index (χ2n) is 8.47. The molecule has 0 saturated carbocycles. The monoisotopic (exact) mass is 589 g/mol. The number of amides is 1. The quantitative estimate of drug-likeness (QED) is 0.240. The van der Waals surface area contributed by atoms with Crippen LogP contribution >= 0.6 is 23.2 Å². The van der Waals surface area contributed by atoms with Crippen molar-refractivity contribution in [2.75, 3.05) is 11.5 Å². The highest BCUT2D eigenvalue weighted by molar-refractivity contribution is 7.86. The molecule has 4 aromatic rings. The highest BCUT2D eigenvalue weighted by atomic mass is 35.5. The normalized spacial score (nSPS) is 11.3. The summed E-state index contributed by atoms with van der Waals surface area (Å²) in [6.07, 6.45) is 0. The molecule has 0 spiro atoms. The van der Waals surface area contributed by atoms with E-state index in [-0.39, 0.29) is 36.4 Å². The SMILES string of the molecule is Cc1cc(COc2nc(N)nc(N)c2-c2ccc(Cl)c(Cl)c2)ccc1CNC(=O)c1cccc(S(=O)(=O)F)c1. The highest BCUT2D eigenvalue weighted by Gasteiger charge is 2.17. The Hall–Kier alpha value is -3.93. The minimum atomic E-state index is -4.92. The van der Waals surface area contributed by atoms with Gasteiger partial charge in [-0.1, -0.05) is 53.5 Å². The van der Waals surface area contributed by atoms with Crippen molar-refractivity contribution < 1.29 is 21.8 Å². The number of rotatable bonds is 8. The smallest absolute Gasteiger partial charge is 0.332 e. The Bertz CT molecular complexity index is 1690. The summed E-state index contributed by atoms with van der Waals surface area (Å²) in [5, 5.41) is 3.42. The number of nitrogens with two attached hydrogens (primary N) is 2. The Morgan fingerprint density at radius 3 is 2.49 bits per heavy atom. The van der Waals surface area contributed by atoms with E-state index in [2.05, 4.69) is 15.3 Å². The zero-order chi connectivity index (χ0) is 28.3. The topological polar surface area (TPSA) is 150 Å². The minimum absolute atomic E-state index is 0.0255. The largest absolute Gasteiger partial charge is 0.472 e.